The molecule has 9 nitrogen and oxygen atoms in total. The monoisotopic (exact) mass is 482 g/mol. The summed E-state index contributed by atoms with van der Waals surface area (Å²) in [6.07, 6.45) is 10.5. The summed E-state index contributed by atoms with van der Waals surface area (Å²) in [5.74, 6) is 3.15. The number of sulfonamides is 1. The van der Waals surface area contributed by atoms with E-state index in [-0.39, 0.29) is 12.1 Å². The molecule has 2 heterocycles. The SMILES string of the molecule is CCc1cc(-c2noc(C3CC3)n2)ccc1S(=O)(=O)N[C@H]1CCC[C@@H](n2cnnc2C2CC2)C1. The van der Waals surface area contributed by atoms with Crippen molar-refractivity contribution in [1.29, 1.82) is 0 Å². The van der Waals surface area contributed by atoms with Crippen molar-refractivity contribution in [3.05, 3.63) is 41.8 Å². The van der Waals surface area contributed by atoms with E-state index in [0.29, 0.717) is 34.9 Å². The van der Waals surface area contributed by atoms with Crippen LogP contribution in [0.25, 0.3) is 11.4 Å². The summed E-state index contributed by atoms with van der Waals surface area (Å²) in [5.41, 5.74) is 1.54. The Morgan fingerprint density at radius 3 is 2.71 bits per heavy atom. The van der Waals surface area contributed by atoms with Crippen LogP contribution in [0.2, 0.25) is 0 Å². The van der Waals surface area contributed by atoms with Gasteiger partial charge in [0, 0.05) is 29.5 Å². The van der Waals surface area contributed by atoms with Gasteiger partial charge in [-0.2, -0.15) is 4.98 Å². The number of aryl methyl sites for hydroxylation is 1. The van der Waals surface area contributed by atoms with E-state index < -0.39 is 10.0 Å². The first-order valence-corrected chi connectivity index (χ1v) is 13.9. The molecule has 3 fully saturated rings. The lowest BCUT2D eigenvalue weighted by atomic mass is 9.91. The summed E-state index contributed by atoms with van der Waals surface area (Å²) in [5, 5.41) is 12.6. The van der Waals surface area contributed by atoms with Crippen molar-refractivity contribution < 1.29 is 12.9 Å². The van der Waals surface area contributed by atoms with Gasteiger partial charge < -0.3 is 9.09 Å². The average Bonchev–Trinajstić information content (AvgIpc) is 3.77. The first-order chi connectivity index (χ1) is 16.5. The molecule has 180 valence electrons. The molecule has 3 aromatic rings. The lowest BCUT2D eigenvalue weighted by Gasteiger charge is -2.31. The molecule has 1 aromatic carbocycles. The Labute approximate surface area is 199 Å². The van der Waals surface area contributed by atoms with Crippen LogP contribution in [0.5, 0.6) is 0 Å². The Balaban J connectivity index is 1.20. The minimum absolute atomic E-state index is 0.110. The van der Waals surface area contributed by atoms with E-state index in [0.717, 1.165) is 55.5 Å². The summed E-state index contributed by atoms with van der Waals surface area (Å²) in [6.45, 7) is 1.96. The van der Waals surface area contributed by atoms with Gasteiger partial charge in [0.1, 0.15) is 12.2 Å². The Bertz CT molecular complexity index is 1290. The van der Waals surface area contributed by atoms with Gasteiger partial charge in [-0.05, 0) is 81.5 Å². The van der Waals surface area contributed by atoms with Gasteiger partial charge in [0.15, 0.2) is 0 Å². The molecule has 6 rings (SSSR count). The summed E-state index contributed by atoms with van der Waals surface area (Å²) in [6, 6.07) is 5.45. The maximum atomic E-state index is 13.4. The molecule has 2 atom stereocenters. The van der Waals surface area contributed by atoms with Crippen molar-refractivity contribution >= 4 is 10.0 Å². The van der Waals surface area contributed by atoms with Crippen molar-refractivity contribution in [3.63, 3.8) is 0 Å². The molecule has 2 aromatic heterocycles. The van der Waals surface area contributed by atoms with Crippen molar-refractivity contribution in [3.8, 4) is 11.4 Å². The topological polar surface area (TPSA) is 116 Å². The van der Waals surface area contributed by atoms with E-state index in [1.54, 1.807) is 12.1 Å². The van der Waals surface area contributed by atoms with Crippen LogP contribution in [0.3, 0.4) is 0 Å². The smallest absolute Gasteiger partial charge is 0.241 e. The quantitative estimate of drug-likeness (QED) is 0.514. The Kier molecular flexibility index (Phi) is 5.52. The molecule has 10 heteroatoms. The highest BCUT2D eigenvalue weighted by atomic mass is 32.2. The predicted octanol–water partition coefficient (Wildman–Crippen LogP) is 4.11. The van der Waals surface area contributed by atoms with E-state index in [2.05, 4.69) is 29.6 Å². The lowest BCUT2D eigenvalue weighted by molar-refractivity contribution is 0.300. The van der Waals surface area contributed by atoms with Crippen LogP contribution in [0.15, 0.2) is 33.9 Å². The van der Waals surface area contributed by atoms with Crippen LogP contribution in [0, 0.1) is 0 Å². The second kappa shape index (κ2) is 8.57. The third kappa shape index (κ3) is 4.29. The highest BCUT2D eigenvalue weighted by Gasteiger charge is 2.34. The number of hydrogen-bond acceptors (Lipinski definition) is 7. The van der Waals surface area contributed by atoms with E-state index in [1.807, 2.05) is 19.3 Å². The Morgan fingerprint density at radius 1 is 1.12 bits per heavy atom. The molecular formula is C24H30N6O3S. The highest BCUT2D eigenvalue weighted by molar-refractivity contribution is 7.89. The number of rotatable bonds is 8. The largest absolute Gasteiger partial charge is 0.339 e. The number of nitrogens with one attached hydrogen (secondary N) is 1. The van der Waals surface area contributed by atoms with Gasteiger partial charge in [0.25, 0.3) is 0 Å². The average molecular weight is 483 g/mol. The fourth-order valence-electron chi connectivity index (χ4n) is 5.08. The predicted molar refractivity (Wildman–Crippen MR) is 125 cm³/mol. The first-order valence-electron chi connectivity index (χ1n) is 12.4. The molecule has 0 saturated heterocycles. The van der Waals surface area contributed by atoms with Gasteiger partial charge in [-0.3, -0.25) is 0 Å². The van der Waals surface area contributed by atoms with Gasteiger partial charge in [-0.25, -0.2) is 13.1 Å². The number of nitrogens with zero attached hydrogens (tertiary/aromatic N) is 5. The minimum atomic E-state index is -3.66. The molecule has 0 bridgehead atoms. The molecule has 34 heavy (non-hydrogen) atoms. The molecule has 0 unspecified atom stereocenters. The van der Waals surface area contributed by atoms with Crippen LogP contribution in [0.4, 0.5) is 0 Å². The normalized spacial score (nSPS) is 23.3. The van der Waals surface area contributed by atoms with Crippen molar-refractivity contribution in [2.24, 2.45) is 0 Å². The van der Waals surface area contributed by atoms with E-state index in [1.165, 1.54) is 12.8 Å². The third-order valence-electron chi connectivity index (χ3n) is 7.26. The van der Waals surface area contributed by atoms with Gasteiger partial charge >= 0.3 is 0 Å². The summed E-state index contributed by atoms with van der Waals surface area (Å²) < 4.78 is 37.4. The van der Waals surface area contributed by atoms with Crippen molar-refractivity contribution in [1.82, 2.24) is 29.6 Å². The molecule has 3 saturated carbocycles. The zero-order chi connectivity index (χ0) is 23.3. The fraction of sp³-hybridized carbons (Fsp3) is 0.583. The van der Waals surface area contributed by atoms with Crippen LogP contribution >= 0.6 is 0 Å². The van der Waals surface area contributed by atoms with Gasteiger partial charge in [0.05, 0.1) is 4.90 Å². The third-order valence-corrected chi connectivity index (χ3v) is 8.88. The zero-order valence-corrected chi connectivity index (χ0v) is 20.2. The summed E-state index contributed by atoms with van der Waals surface area (Å²) in [4.78, 5) is 4.83. The molecule has 0 spiro atoms. The second-order valence-corrected chi connectivity index (χ2v) is 11.6. The Hall–Kier alpha value is -2.59. The van der Waals surface area contributed by atoms with Gasteiger partial charge in [-0.15, -0.1) is 10.2 Å². The molecule has 0 radical (unpaired) electrons. The molecule has 3 aliphatic carbocycles. The van der Waals surface area contributed by atoms with E-state index >= 15 is 0 Å². The maximum Gasteiger partial charge on any atom is 0.241 e. The molecule has 1 N–H and O–H groups in total. The van der Waals surface area contributed by atoms with Crippen molar-refractivity contribution in [2.75, 3.05) is 0 Å². The first kappa shape index (κ1) is 21.9. The van der Waals surface area contributed by atoms with Crippen molar-refractivity contribution in [2.45, 2.75) is 93.5 Å². The van der Waals surface area contributed by atoms with Gasteiger partial charge in [0.2, 0.25) is 21.7 Å². The molecule has 0 amide bonds. The number of aromatic nitrogens is 5. The summed E-state index contributed by atoms with van der Waals surface area (Å²) >= 11 is 0. The van der Waals surface area contributed by atoms with Gasteiger partial charge in [-0.1, -0.05) is 12.1 Å². The van der Waals surface area contributed by atoms with Crippen LogP contribution in [-0.2, 0) is 16.4 Å². The van der Waals surface area contributed by atoms with Crippen LogP contribution in [0.1, 0.15) is 93.4 Å². The number of benzene rings is 1. The number of hydrogen-bond donors (Lipinski definition) is 1. The lowest BCUT2D eigenvalue weighted by Crippen LogP contribution is -2.39. The van der Waals surface area contributed by atoms with Crippen LogP contribution in [-0.4, -0.2) is 39.4 Å². The van der Waals surface area contributed by atoms with E-state index in [4.69, 9.17) is 4.52 Å². The molecule has 0 aliphatic heterocycles. The molecular weight excluding hydrogens is 452 g/mol. The van der Waals surface area contributed by atoms with E-state index in [9.17, 15) is 8.42 Å². The summed E-state index contributed by atoms with van der Waals surface area (Å²) in [7, 11) is -3.66. The second-order valence-electron chi connectivity index (χ2n) is 9.92. The Morgan fingerprint density at radius 2 is 1.94 bits per heavy atom. The standard InChI is InChI=1S/C24H30N6O3S/c1-2-15-12-18(22-26-24(33-28-22)17-8-9-17)10-11-21(15)34(31,32)29-19-4-3-5-20(13-19)30-14-25-27-23(30)16-6-7-16/h10-12,14,16-17,19-20,29H,2-9,13H2,1H3/t19-,20+/m0/s1. The molecule has 3 aliphatic rings. The minimum Gasteiger partial charge on any atom is -0.339 e. The maximum absolute atomic E-state index is 13.4. The zero-order valence-electron chi connectivity index (χ0n) is 19.4. The fourth-order valence-corrected chi connectivity index (χ4v) is 6.65. The van der Waals surface area contributed by atoms with Crippen LogP contribution < -0.4 is 4.72 Å². The highest BCUT2D eigenvalue weighted by Crippen LogP contribution is 2.42.